The molecule has 32 heavy (non-hydrogen) atoms. The summed E-state index contributed by atoms with van der Waals surface area (Å²) >= 11 is 0. The van der Waals surface area contributed by atoms with Crippen LogP contribution >= 0.6 is 0 Å². The zero-order valence-corrected chi connectivity index (χ0v) is 20.1. The molecule has 0 heterocycles. The van der Waals surface area contributed by atoms with Gasteiger partial charge in [-0.3, -0.25) is 9.59 Å². The summed E-state index contributed by atoms with van der Waals surface area (Å²) < 4.78 is 11.0. The molecule has 6 heteroatoms. The fraction of sp³-hybridized carbons (Fsp3) is 0.462. The van der Waals surface area contributed by atoms with Crippen molar-refractivity contribution >= 4 is 11.8 Å². The second-order valence-electron chi connectivity index (χ2n) is 8.70. The van der Waals surface area contributed by atoms with Crippen molar-refractivity contribution in [3.05, 3.63) is 59.7 Å². The van der Waals surface area contributed by atoms with Gasteiger partial charge >= 0.3 is 0 Å². The van der Waals surface area contributed by atoms with Crippen molar-refractivity contribution in [1.29, 1.82) is 0 Å². The molecular weight excluding hydrogens is 404 g/mol. The SMILES string of the molecule is COc1ccc(CN(C(=O)COc2ccc(C(C)C)cc2)[C@H](C)C(=O)NCC(C)C)cc1. The molecule has 2 aromatic rings. The van der Waals surface area contributed by atoms with Gasteiger partial charge in [0.15, 0.2) is 6.61 Å². The Kier molecular flexibility index (Phi) is 9.57. The monoisotopic (exact) mass is 440 g/mol. The molecular formula is C26H36N2O4. The number of ether oxygens (including phenoxy) is 2. The first-order valence-electron chi connectivity index (χ1n) is 11.1. The number of carbonyl (C=O) groups excluding carboxylic acids is 2. The molecule has 0 bridgehead atoms. The van der Waals surface area contributed by atoms with Crippen LogP contribution in [-0.4, -0.2) is 43.0 Å². The molecule has 2 rings (SSSR count). The molecule has 1 atom stereocenters. The average Bonchev–Trinajstić information content (AvgIpc) is 2.79. The highest BCUT2D eigenvalue weighted by molar-refractivity contribution is 5.87. The van der Waals surface area contributed by atoms with Crippen LogP contribution in [-0.2, 0) is 16.1 Å². The van der Waals surface area contributed by atoms with Crippen LogP contribution in [0, 0.1) is 5.92 Å². The molecule has 0 spiro atoms. The van der Waals surface area contributed by atoms with E-state index < -0.39 is 6.04 Å². The van der Waals surface area contributed by atoms with Crippen LogP contribution in [0.25, 0.3) is 0 Å². The Bertz CT molecular complexity index is 860. The first-order valence-corrected chi connectivity index (χ1v) is 11.1. The highest BCUT2D eigenvalue weighted by atomic mass is 16.5. The Morgan fingerprint density at radius 3 is 2.03 bits per heavy atom. The Morgan fingerprint density at radius 2 is 1.50 bits per heavy atom. The number of methoxy groups -OCH3 is 1. The number of benzene rings is 2. The third kappa shape index (κ3) is 7.59. The van der Waals surface area contributed by atoms with Gasteiger partial charge in [0.25, 0.3) is 5.91 Å². The van der Waals surface area contributed by atoms with Gasteiger partial charge in [-0.05, 0) is 54.2 Å². The lowest BCUT2D eigenvalue weighted by molar-refractivity contribution is -0.142. The van der Waals surface area contributed by atoms with Crippen molar-refractivity contribution in [3.8, 4) is 11.5 Å². The summed E-state index contributed by atoms with van der Waals surface area (Å²) in [5.41, 5.74) is 2.12. The van der Waals surface area contributed by atoms with Crippen LogP contribution in [0.15, 0.2) is 48.5 Å². The number of hydrogen-bond donors (Lipinski definition) is 1. The van der Waals surface area contributed by atoms with E-state index in [1.807, 2.05) is 62.4 Å². The molecule has 2 aromatic carbocycles. The minimum atomic E-state index is -0.629. The predicted octanol–water partition coefficient (Wildman–Crippen LogP) is 4.39. The molecule has 0 unspecified atom stereocenters. The van der Waals surface area contributed by atoms with Gasteiger partial charge in [-0.2, -0.15) is 0 Å². The lowest BCUT2D eigenvalue weighted by atomic mass is 10.0. The summed E-state index contributed by atoms with van der Waals surface area (Å²) in [5.74, 6) is 1.69. The van der Waals surface area contributed by atoms with Crippen molar-refractivity contribution in [1.82, 2.24) is 10.2 Å². The zero-order chi connectivity index (χ0) is 23.7. The number of nitrogens with zero attached hydrogens (tertiary/aromatic N) is 1. The van der Waals surface area contributed by atoms with Crippen molar-refractivity contribution in [2.45, 2.75) is 53.1 Å². The molecule has 1 N–H and O–H groups in total. The van der Waals surface area contributed by atoms with Crippen LogP contribution < -0.4 is 14.8 Å². The summed E-state index contributed by atoms with van der Waals surface area (Å²) in [6.45, 7) is 10.8. The second-order valence-corrected chi connectivity index (χ2v) is 8.70. The van der Waals surface area contributed by atoms with Gasteiger partial charge in [-0.25, -0.2) is 0 Å². The van der Waals surface area contributed by atoms with Crippen LogP contribution in [0.1, 0.15) is 51.7 Å². The highest BCUT2D eigenvalue weighted by Gasteiger charge is 2.26. The van der Waals surface area contributed by atoms with Crippen molar-refractivity contribution in [2.75, 3.05) is 20.3 Å². The molecule has 174 valence electrons. The number of rotatable bonds is 11. The molecule has 0 aliphatic carbocycles. The summed E-state index contributed by atoms with van der Waals surface area (Å²) in [6.07, 6.45) is 0. The molecule has 0 aliphatic rings. The molecule has 0 saturated heterocycles. The Labute approximate surface area is 191 Å². The zero-order valence-electron chi connectivity index (χ0n) is 20.1. The van der Waals surface area contributed by atoms with Gasteiger partial charge in [-0.15, -0.1) is 0 Å². The first-order chi connectivity index (χ1) is 15.2. The van der Waals surface area contributed by atoms with Crippen LogP contribution in [0.2, 0.25) is 0 Å². The third-order valence-electron chi connectivity index (χ3n) is 5.27. The van der Waals surface area contributed by atoms with Crippen LogP contribution in [0.5, 0.6) is 11.5 Å². The average molecular weight is 441 g/mol. The van der Waals surface area contributed by atoms with E-state index in [1.54, 1.807) is 18.9 Å². The Morgan fingerprint density at radius 1 is 0.906 bits per heavy atom. The molecule has 0 aliphatic heterocycles. The first kappa shape index (κ1) is 25.2. The third-order valence-corrected chi connectivity index (χ3v) is 5.27. The molecule has 0 radical (unpaired) electrons. The number of carbonyl (C=O) groups is 2. The van der Waals surface area contributed by atoms with Gasteiger partial charge in [0.1, 0.15) is 17.5 Å². The fourth-order valence-electron chi connectivity index (χ4n) is 3.14. The van der Waals surface area contributed by atoms with Crippen LogP contribution in [0.4, 0.5) is 0 Å². The van der Waals surface area contributed by atoms with E-state index in [0.717, 1.165) is 11.3 Å². The van der Waals surface area contributed by atoms with E-state index in [0.29, 0.717) is 30.7 Å². The topological polar surface area (TPSA) is 67.9 Å². The highest BCUT2D eigenvalue weighted by Crippen LogP contribution is 2.19. The van der Waals surface area contributed by atoms with Crippen LogP contribution in [0.3, 0.4) is 0 Å². The fourth-order valence-corrected chi connectivity index (χ4v) is 3.14. The molecule has 2 amide bonds. The maximum absolute atomic E-state index is 13.1. The Balaban J connectivity index is 2.11. The van der Waals surface area contributed by atoms with E-state index in [2.05, 4.69) is 19.2 Å². The summed E-state index contributed by atoms with van der Waals surface area (Å²) in [7, 11) is 1.61. The van der Waals surface area contributed by atoms with Gasteiger partial charge in [0.2, 0.25) is 5.91 Å². The van der Waals surface area contributed by atoms with E-state index in [-0.39, 0.29) is 18.4 Å². The van der Waals surface area contributed by atoms with Gasteiger partial charge in [0.05, 0.1) is 7.11 Å². The summed E-state index contributed by atoms with van der Waals surface area (Å²) in [5, 5.41) is 2.92. The lowest BCUT2D eigenvalue weighted by Gasteiger charge is -2.29. The minimum Gasteiger partial charge on any atom is -0.497 e. The van der Waals surface area contributed by atoms with Gasteiger partial charge in [0, 0.05) is 13.1 Å². The summed E-state index contributed by atoms with van der Waals surface area (Å²) in [6, 6.07) is 14.6. The van der Waals surface area contributed by atoms with E-state index in [9.17, 15) is 9.59 Å². The predicted molar refractivity (Wildman–Crippen MR) is 127 cm³/mol. The maximum atomic E-state index is 13.1. The molecule has 6 nitrogen and oxygen atoms in total. The summed E-state index contributed by atoms with van der Waals surface area (Å²) in [4.78, 5) is 27.3. The molecule has 0 aromatic heterocycles. The maximum Gasteiger partial charge on any atom is 0.261 e. The minimum absolute atomic E-state index is 0.140. The van der Waals surface area contributed by atoms with E-state index in [1.165, 1.54) is 5.56 Å². The standard InChI is InChI=1S/C26H36N2O4/c1-18(2)15-27-26(30)20(5)28(16-21-7-11-23(31-6)12-8-21)25(29)17-32-24-13-9-22(10-14-24)19(3)4/h7-14,18-20H,15-17H2,1-6H3,(H,27,30)/t20-/m1/s1. The van der Waals surface area contributed by atoms with Gasteiger partial charge in [-0.1, -0.05) is 52.0 Å². The Hall–Kier alpha value is -3.02. The van der Waals surface area contributed by atoms with Crippen molar-refractivity contribution < 1.29 is 19.1 Å². The molecule has 0 fully saturated rings. The normalized spacial score (nSPS) is 11.9. The molecule has 0 saturated carbocycles. The van der Waals surface area contributed by atoms with E-state index in [4.69, 9.17) is 9.47 Å². The van der Waals surface area contributed by atoms with Crippen molar-refractivity contribution in [2.24, 2.45) is 5.92 Å². The van der Waals surface area contributed by atoms with E-state index >= 15 is 0 Å². The number of hydrogen-bond acceptors (Lipinski definition) is 4. The largest absolute Gasteiger partial charge is 0.497 e. The quantitative estimate of drug-likeness (QED) is 0.563. The smallest absolute Gasteiger partial charge is 0.261 e. The van der Waals surface area contributed by atoms with Crippen molar-refractivity contribution in [3.63, 3.8) is 0 Å². The van der Waals surface area contributed by atoms with Gasteiger partial charge < -0.3 is 19.7 Å². The lowest BCUT2D eigenvalue weighted by Crippen LogP contribution is -2.49. The number of amides is 2. The number of nitrogens with one attached hydrogen (secondary N) is 1. The second kappa shape index (κ2) is 12.1.